The molecule has 0 radical (unpaired) electrons. The Bertz CT molecular complexity index is 766. The zero-order valence-electron chi connectivity index (χ0n) is 16.6. The van der Waals surface area contributed by atoms with Gasteiger partial charge in [-0.1, -0.05) is 11.6 Å². The normalized spacial score (nSPS) is 21.1. The number of nitrogens with zero attached hydrogens (tertiary/aromatic N) is 2. The maximum absolute atomic E-state index is 12.8. The van der Waals surface area contributed by atoms with Gasteiger partial charge in [0.2, 0.25) is 15.9 Å². The summed E-state index contributed by atoms with van der Waals surface area (Å²) in [7, 11) is -3.53. The van der Waals surface area contributed by atoms with Crippen molar-refractivity contribution in [2.75, 3.05) is 26.2 Å². The number of halogens is 1. The van der Waals surface area contributed by atoms with E-state index in [0.717, 1.165) is 25.9 Å². The summed E-state index contributed by atoms with van der Waals surface area (Å²) in [5.74, 6) is -0.0358. The lowest BCUT2D eigenvalue weighted by Crippen LogP contribution is -2.49. The number of carbonyl (C=O) groups excluding carboxylic acids is 1. The molecule has 2 heterocycles. The van der Waals surface area contributed by atoms with Gasteiger partial charge in [-0.3, -0.25) is 4.79 Å². The lowest BCUT2D eigenvalue weighted by Gasteiger charge is -2.36. The van der Waals surface area contributed by atoms with E-state index >= 15 is 0 Å². The lowest BCUT2D eigenvalue weighted by molar-refractivity contribution is -0.127. The number of hydrogen-bond acceptors (Lipinski definition) is 4. The van der Waals surface area contributed by atoms with Crippen LogP contribution in [-0.2, 0) is 14.8 Å². The number of likely N-dealkylation sites (tertiary alicyclic amines) is 1. The molecule has 8 heteroatoms. The van der Waals surface area contributed by atoms with Crippen LogP contribution in [0, 0.1) is 5.92 Å². The second-order valence-electron chi connectivity index (χ2n) is 8.04. The molecule has 0 unspecified atom stereocenters. The molecule has 0 atom stereocenters. The predicted molar refractivity (Wildman–Crippen MR) is 111 cm³/mol. The molecule has 156 valence electrons. The van der Waals surface area contributed by atoms with Gasteiger partial charge in [-0.15, -0.1) is 0 Å². The summed E-state index contributed by atoms with van der Waals surface area (Å²) in [6.45, 7) is 7.17. The van der Waals surface area contributed by atoms with Gasteiger partial charge in [-0.25, -0.2) is 8.42 Å². The Hall–Kier alpha value is -1.15. The molecule has 2 saturated heterocycles. The van der Waals surface area contributed by atoms with E-state index in [9.17, 15) is 13.2 Å². The van der Waals surface area contributed by atoms with Gasteiger partial charge < -0.3 is 10.2 Å². The van der Waals surface area contributed by atoms with E-state index in [-0.39, 0.29) is 22.8 Å². The molecule has 0 aliphatic carbocycles. The highest BCUT2D eigenvalue weighted by Gasteiger charge is 2.33. The predicted octanol–water partition coefficient (Wildman–Crippen LogP) is 2.73. The Morgan fingerprint density at radius 3 is 2.14 bits per heavy atom. The van der Waals surface area contributed by atoms with Gasteiger partial charge in [0.15, 0.2) is 0 Å². The molecule has 1 amide bonds. The largest absolute Gasteiger partial charge is 0.353 e. The van der Waals surface area contributed by atoms with E-state index in [2.05, 4.69) is 24.1 Å². The van der Waals surface area contributed by atoms with Crippen LogP contribution in [-0.4, -0.2) is 61.8 Å². The quantitative estimate of drug-likeness (QED) is 0.784. The van der Waals surface area contributed by atoms with E-state index in [1.807, 2.05) is 0 Å². The number of piperidine rings is 2. The van der Waals surface area contributed by atoms with E-state index in [0.29, 0.717) is 37.0 Å². The first kappa shape index (κ1) is 21.6. The van der Waals surface area contributed by atoms with E-state index in [4.69, 9.17) is 11.6 Å². The molecule has 0 bridgehead atoms. The lowest BCUT2D eigenvalue weighted by atomic mass is 9.95. The van der Waals surface area contributed by atoms with Crippen LogP contribution in [0.4, 0.5) is 0 Å². The van der Waals surface area contributed by atoms with Crippen molar-refractivity contribution in [3.63, 3.8) is 0 Å². The van der Waals surface area contributed by atoms with E-state index in [1.165, 1.54) is 16.4 Å². The first-order valence-electron chi connectivity index (χ1n) is 10.1. The van der Waals surface area contributed by atoms with Gasteiger partial charge in [0.05, 0.1) is 4.90 Å². The molecule has 2 aliphatic heterocycles. The Balaban J connectivity index is 1.49. The zero-order valence-corrected chi connectivity index (χ0v) is 18.2. The number of hydrogen-bond donors (Lipinski definition) is 1. The van der Waals surface area contributed by atoms with Crippen molar-refractivity contribution in [1.82, 2.24) is 14.5 Å². The number of carbonyl (C=O) groups is 1. The summed E-state index contributed by atoms with van der Waals surface area (Å²) in [5, 5.41) is 3.70. The monoisotopic (exact) mass is 427 g/mol. The number of sulfonamides is 1. The molecule has 6 nitrogen and oxygen atoms in total. The Labute approximate surface area is 173 Å². The zero-order chi connectivity index (χ0) is 20.3. The smallest absolute Gasteiger partial charge is 0.243 e. The highest BCUT2D eigenvalue weighted by molar-refractivity contribution is 7.89. The first-order chi connectivity index (χ1) is 13.3. The minimum atomic E-state index is -3.53. The van der Waals surface area contributed by atoms with Crippen molar-refractivity contribution < 1.29 is 13.2 Å². The van der Waals surface area contributed by atoms with Crippen LogP contribution in [0.5, 0.6) is 0 Å². The molecule has 1 aromatic rings. The maximum atomic E-state index is 12.8. The fraction of sp³-hybridized carbons (Fsp3) is 0.650. The fourth-order valence-electron chi connectivity index (χ4n) is 3.99. The van der Waals surface area contributed by atoms with Crippen LogP contribution in [0.15, 0.2) is 29.2 Å². The van der Waals surface area contributed by atoms with Crippen molar-refractivity contribution in [3.05, 3.63) is 29.3 Å². The van der Waals surface area contributed by atoms with Gasteiger partial charge in [-0.05, 0) is 63.8 Å². The van der Waals surface area contributed by atoms with E-state index < -0.39 is 10.0 Å². The maximum Gasteiger partial charge on any atom is 0.243 e. The van der Waals surface area contributed by atoms with Crippen LogP contribution in [0.1, 0.15) is 39.5 Å². The minimum Gasteiger partial charge on any atom is -0.353 e. The van der Waals surface area contributed by atoms with Crippen LogP contribution < -0.4 is 5.32 Å². The summed E-state index contributed by atoms with van der Waals surface area (Å²) in [5.41, 5.74) is 0. The molecule has 28 heavy (non-hydrogen) atoms. The average molecular weight is 428 g/mol. The highest BCUT2D eigenvalue weighted by Crippen LogP contribution is 2.25. The molecule has 0 aromatic heterocycles. The van der Waals surface area contributed by atoms with Gasteiger partial charge in [0.25, 0.3) is 0 Å². The molecule has 1 N–H and O–H groups in total. The van der Waals surface area contributed by atoms with Crippen LogP contribution >= 0.6 is 11.6 Å². The molecule has 2 aliphatic rings. The summed E-state index contributed by atoms with van der Waals surface area (Å²) in [4.78, 5) is 15.3. The highest BCUT2D eigenvalue weighted by atomic mass is 35.5. The standard InChI is InChI=1S/C20H30ClN3O3S/c1-15(2)23-11-9-18(10-12-23)22-20(25)16-7-13-24(14-8-16)28(26,27)19-5-3-17(21)4-6-19/h3-6,15-16,18H,7-14H2,1-2H3,(H,22,25). The summed E-state index contributed by atoms with van der Waals surface area (Å²) >= 11 is 5.85. The summed E-state index contributed by atoms with van der Waals surface area (Å²) < 4.78 is 27.0. The van der Waals surface area contributed by atoms with Crippen LogP contribution in [0.3, 0.4) is 0 Å². The molecule has 3 rings (SSSR count). The first-order valence-corrected chi connectivity index (χ1v) is 11.9. The molecule has 0 saturated carbocycles. The van der Waals surface area contributed by atoms with Gasteiger partial charge >= 0.3 is 0 Å². The van der Waals surface area contributed by atoms with Crippen molar-refractivity contribution >= 4 is 27.5 Å². The third kappa shape index (κ3) is 5.06. The topological polar surface area (TPSA) is 69.7 Å². The fourth-order valence-corrected chi connectivity index (χ4v) is 5.59. The molecule has 0 spiro atoms. The van der Waals surface area contributed by atoms with Crippen molar-refractivity contribution in [1.29, 1.82) is 0 Å². The average Bonchev–Trinajstić information content (AvgIpc) is 2.69. The Morgan fingerprint density at radius 1 is 1.04 bits per heavy atom. The van der Waals surface area contributed by atoms with Gasteiger partial charge in [0, 0.05) is 49.2 Å². The third-order valence-electron chi connectivity index (χ3n) is 5.88. The number of benzene rings is 1. The Morgan fingerprint density at radius 2 is 1.61 bits per heavy atom. The van der Waals surface area contributed by atoms with Gasteiger partial charge in [-0.2, -0.15) is 4.31 Å². The molecular weight excluding hydrogens is 398 g/mol. The molecule has 2 fully saturated rings. The Kier molecular flexibility index (Phi) is 7.02. The number of rotatable bonds is 5. The second kappa shape index (κ2) is 9.11. The van der Waals surface area contributed by atoms with Crippen LogP contribution in [0.25, 0.3) is 0 Å². The number of nitrogens with one attached hydrogen (secondary N) is 1. The van der Waals surface area contributed by atoms with E-state index in [1.54, 1.807) is 12.1 Å². The third-order valence-corrected chi connectivity index (χ3v) is 8.05. The van der Waals surface area contributed by atoms with Crippen molar-refractivity contribution in [3.8, 4) is 0 Å². The number of amides is 1. The summed E-state index contributed by atoms with van der Waals surface area (Å²) in [6.07, 6.45) is 3.08. The van der Waals surface area contributed by atoms with Gasteiger partial charge in [0.1, 0.15) is 0 Å². The van der Waals surface area contributed by atoms with Crippen molar-refractivity contribution in [2.45, 2.75) is 56.5 Å². The SMILES string of the molecule is CC(C)N1CCC(NC(=O)C2CCN(S(=O)(=O)c3ccc(Cl)cc3)CC2)CC1. The van der Waals surface area contributed by atoms with Crippen molar-refractivity contribution in [2.24, 2.45) is 5.92 Å². The van der Waals surface area contributed by atoms with Crippen LogP contribution in [0.2, 0.25) is 5.02 Å². The minimum absolute atomic E-state index is 0.0755. The molecule has 1 aromatic carbocycles. The summed E-state index contributed by atoms with van der Waals surface area (Å²) in [6, 6.07) is 7.00. The second-order valence-corrected chi connectivity index (χ2v) is 10.4. The molecular formula is C20H30ClN3O3S.